The maximum Gasteiger partial charge on any atom is 0.269 e. The second-order valence-corrected chi connectivity index (χ2v) is 4.10. The molecule has 1 aromatic rings. The molecule has 0 saturated heterocycles. The number of rotatable bonds is 2. The van der Waals surface area contributed by atoms with Gasteiger partial charge < -0.3 is 4.74 Å². The number of hydrogen-bond acceptors (Lipinski definition) is 4. The molecule has 0 bridgehead atoms. The van der Waals surface area contributed by atoms with Gasteiger partial charge in [0.1, 0.15) is 5.60 Å². The number of nitro groups is 1. The highest BCUT2D eigenvalue weighted by Crippen LogP contribution is 2.33. The van der Waals surface area contributed by atoms with Crippen LogP contribution in [0.5, 0.6) is 0 Å². The van der Waals surface area contributed by atoms with Crippen LogP contribution in [-0.4, -0.2) is 10.7 Å². The molecule has 0 saturated carbocycles. The lowest BCUT2D eigenvalue weighted by atomic mass is 9.89. The fraction of sp³-hybridized carbons (Fsp3) is 0.250. The lowest BCUT2D eigenvalue weighted by Crippen LogP contribution is -2.29. The van der Waals surface area contributed by atoms with Crippen LogP contribution in [0, 0.1) is 10.1 Å². The van der Waals surface area contributed by atoms with E-state index in [-0.39, 0.29) is 17.9 Å². The second kappa shape index (κ2) is 4.01. The number of ketones is 1. The van der Waals surface area contributed by atoms with Crippen molar-refractivity contribution < 1.29 is 14.5 Å². The van der Waals surface area contributed by atoms with Gasteiger partial charge in [0.2, 0.25) is 0 Å². The van der Waals surface area contributed by atoms with Crippen molar-refractivity contribution in [1.29, 1.82) is 0 Å². The molecule has 17 heavy (non-hydrogen) atoms. The first-order chi connectivity index (χ1) is 8.01. The molecule has 1 aromatic carbocycles. The standard InChI is InChI=1S/C12H11NO4/c1-12(8-11(14)5-6-17-12)9-3-2-4-10(7-9)13(15)16/h2-7H,8H2,1H3. The van der Waals surface area contributed by atoms with Crippen LogP contribution < -0.4 is 0 Å². The first-order valence-corrected chi connectivity index (χ1v) is 5.13. The summed E-state index contributed by atoms with van der Waals surface area (Å²) >= 11 is 0. The molecule has 2 rings (SSSR count). The van der Waals surface area contributed by atoms with Crippen LogP contribution in [0.2, 0.25) is 0 Å². The summed E-state index contributed by atoms with van der Waals surface area (Å²) in [5, 5.41) is 10.7. The van der Waals surface area contributed by atoms with Gasteiger partial charge in [-0.25, -0.2) is 0 Å². The Morgan fingerprint density at radius 3 is 2.88 bits per heavy atom. The van der Waals surface area contributed by atoms with Crippen LogP contribution in [0.3, 0.4) is 0 Å². The summed E-state index contributed by atoms with van der Waals surface area (Å²) in [6.45, 7) is 1.74. The summed E-state index contributed by atoms with van der Waals surface area (Å²) in [4.78, 5) is 21.6. The van der Waals surface area contributed by atoms with Gasteiger partial charge in [0.05, 0.1) is 17.6 Å². The minimum absolute atomic E-state index is 0.00525. The molecular formula is C12H11NO4. The molecule has 0 spiro atoms. The van der Waals surface area contributed by atoms with Gasteiger partial charge in [-0.05, 0) is 6.92 Å². The van der Waals surface area contributed by atoms with E-state index in [0.29, 0.717) is 5.56 Å². The molecule has 1 aliphatic rings. The third kappa shape index (κ3) is 2.18. The molecule has 0 N–H and O–H groups in total. The molecule has 1 atom stereocenters. The van der Waals surface area contributed by atoms with Crippen molar-refractivity contribution in [1.82, 2.24) is 0 Å². The summed E-state index contributed by atoms with van der Waals surface area (Å²) in [5.41, 5.74) is -0.198. The third-order valence-corrected chi connectivity index (χ3v) is 2.76. The topological polar surface area (TPSA) is 69.4 Å². The molecule has 0 radical (unpaired) electrons. The number of nitrogens with zero attached hydrogens (tertiary/aromatic N) is 1. The van der Waals surface area contributed by atoms with Gasteiger partial charge in [-0.3, -0.25) is 14.9 Å². The molecule has 0 amide bonds. The van der Waals surface area contributed by atoms with E-state index in [1.165, 1.54) is 24.5 Å². The zero-order chi connectivity index (χ0) is 12.5. The van der Waals surface area contributed by atoms with E-state index in [1.807, 2.05) is 0 Å². The molecule has 1 heterocycles. The third-order valence-electron chi connectivity index (χ3n) is 2.76. The average molecular weight is 233 g/mol. The van der Waals surface area contributed by atoms with Crippen LogP contribution in [0.1, 0.15) is 18.9 Å². The van der Waals surface area contributed by atoms with Gasteiger partial charge in [-0.15, -0.1) is 0 Å². The number of benzene rings is 1. The fourth-order valence-electron chi connectivity index (χ4n) is 1.81. The minimum atomic E-state index is -0.822. The van der Waals surface area contributed by atoms with Gasteiger partial charge in [-0.2, -0.15) is 0 Å². The Labute approximate surface area is 97.9 Å². The second-order valence-electron chi connectivity index (χ2n) is 4.10. The Kier molecular flexibility index (Phi) is 2.67. The molecular weight excluding hydrogens is 222 g/mol. The minimum Gasteiger partial charge on any atom is -0.490 e. The Morgan fingerprint density at radius 1 is 1.47 bits per heavy atom. The Bertz CT molecular complexity index is 509. The molecule has 0 aromatic heterocycles. The van der Waals surface area contributed by atoms with Crippen LogP contribution in [0.15, 0.2) is 36.6 Å². The van der Waals surface area contributed by atoms with E-state index in [0.717, 1.165) is 0 Å². The summed E-state index contributed by atoms with van der Waals surface area (Å²) in [5.74, 6) is -0.0507. The normalized spacial score (nSPS) is 23.2. The van der Waals surface area contributed by atoms with Crippen LogP contribution in [0.25, 0.3) is 0 Å². The van der Waals surface area contributed by atoms with E-state index in [1.54, 1.807) is 19.1 Å². The maximum absolute atomic E-state index is 11.4. The number of non-ortho nitro benzene ring substituents is 1. The van der Waals surface area contributed by atoms with Crippen LogP contribution in [-0.2, 0) is 15.1 Å². The number of ether oxygens (including phenoxy) is 1. The number of allylic oxidation sites excluding steroid dienone is 1. The predicted octanol–water partition coefficient (Wildman–Crippen LogP) is 2.31. The molecule has 0 fully saturated rings. The Morgan fingerprint density at radius 2 is 2.24 bits per heavy atom. The van der Waals surface area contributed by atoms with Crippen molar-refractivity contribution in [2.75, 3.05) is 0 Å². The number of hydrogen-bond donors (Lipinski definition) is 0. The first kappa shape index (κ1) is 11.3. The Balaban J connectivity index is 2.39. The number of nitro benzene ring substituents is 1. The zero-order valence-corrected chi connectivity index (χ0v) is 9.25. The van der Waals surface area contributed by atoms with E-state index in [4.69, 9.17) is 4.74 Å². The molecule has 5 nitrogen and oxygen atoms in total. The highest BCUT2D eigenvalue weighted by molar-refractivity contribution is 5.91. The summed E-state index contributed by atoms with van der Waals surface area (Å²) in [7, 11) is 0. The molecule has 0 aliphatic carbocycles. The highest BCUT2D eigenvalue weighted by Gasteiger charge is 2.33. The smallest absolute Gasteiger partial charge is 0.269 e. The zero-order valence-electron chi connectivity index (χ0n) is 9.25. The average Bonchev–Trinajstić information content (AvgIpc) is 2.29. The van der Waals surface area contributed by atoms with Gasteiger partial charge in [0.25, 0.3) is 5.69 Å². The van der Waals surface area contributed by atoms with Gasteiger partial charge in [0, 0.05) is 23.8 Å². The number of carbonyl (C=O) groups is 1. The van der Waals surface area contributed by atoms with Crippen molar-refractivity contribution >= 4 is 11.5 Å². The van der Waals surface area contributed by atoms with Gasteiger partial charge in [-0.1, -0.05) is 12.1 Å². The predicted molar refractivity (Wildman–Crippen MR) is 60.3 cm³/mol. The van der Waals surface area contributed by atoms with E-state index >= 15 is 0 Å². The van der Waals surface area contributed by atoms with Crippen molar-refractivity contribution in [3.63, 3.8) is 0 Å². The van der Waals surface area contributed by atoms with E-state index in [2.05, 4.69) is 0 Å². The summed E-state index contributed by atoms with van der Waals surface area (Å²) in [6, 6.07) is 6.16. The lowest BCUT2D eigenvalue weighted by molar-refractivity contribution is -0.385. The van der Waals surface area contributed by atoms with Crippen molar-refractivity contribution in [3.05, 3.63) is 52.3 Å². The van der Waals surface area contributed by atoms with E-state index in [9.17, 15) is 14.9 Å². The monoisotopic (exact) mass is 233 g/mol. The molecule has 88 valence electrons. The van der Waals surface area contributed by atoms with Gasteiger partial charge >= 0.3 is 0 Å². The maximum atomic E-state index is 11.4. The first-order valence-electron chi connectivity index (χ1n) is 5.13. The summed E-state index contributed by atoms with van der Waals surface area (Å²) in [6.07, 6.45) is 2.88. The van der Waals surface area contributed by atoms with Crippen LogP contribution >= 0.6 is 0 Å². The van der Waals surface area contributed by atoms with Crippen molar-refractivity contribution in [3.8, 4) is 0 Å². The Hall–Kier alpha value is -2.17. The highest BCUT2D eigenvalue weighted by atomic mass is 16.6. The van der Waals surface area contributed by atoms with Crippen molar-refractivity contribution in [2.45, 2.75) is 18.9 Å². The van der Waals surface area contributed by atoms with Crippen molar-refractivity contribution in [2.24, 2.45) is 0 Å². The van der Waals surface area contributed by atoms with Crippen LogP contribution in [0.4, 0.5) is 5.69 Å². The SMILES string of the molecule is CC1(c2cccc([N+](=O)[O-])c2)CC(=O)C=CO1. The quantitative estimate of drug-likeness (QED) is 0.580. The number of carbonyl (C=O) groups excluding carboxylic acids is 1. The van der Waals surface area contributed by atoms with E-state index < -0.39 is 10.5 Å². The van der Waals surface area contributed by atoms with Gasteiger partial charge in [0.15, 0.2) is 5.78 Å². The molecule has 1 unspecified atom stereocenters. The fourth-order valence-corrected chi connectivity index (χ4v) is 1.81. The molecule has 5 heteroatoms. The lowest BCUT2D eigenvalue weighted by Gasteiger charge is -2.30. The largest absolute Gasteiger partial charge is 0.490 e. The summed E-state index contributed by atoms with van der Waals surface area (Å²) < 4.78 is 5.43. The molecule has 1 aliphatic heterocycles.